The number of nitrogens with one attached hydrogen (secondary N) is 1. The van der Waals surface area contributed by atoms with Crippen LogP contribution in [0.3, 0.4) is 0 Å². The van der Waals surface area contributed by atoms with Gasteiger partial charge in [-0.15, -0.1) is 0 Å². The molecule has 86 valence electrons. The summed E-state index contributed by atoms with van der Waals surface area (Å²) < 4.78 is 0. The highest BCUT2D eigenvalue weighted by molar-refractivity contribution is 7.98. The van der Waals surface area contributed by atoms with Crippen molar-refractivity contribution >= 4 is 11.8 Å². The third-order valence-electron chi connectivity index (χ3n) is 2.42. The van der Waals surface area contributed by atoms with Gasteiger partial charge in [0.15, 0.2) is 0 Å². The van der Waals surface area contributed by atoms with E-state index in [-0.39, 0.29) is 0 Å². The van der Waals surface area contributed by atoms with Crippen LogP contribution in [0.15, 0.2) is 0 Å². The van der Waals surface area contributed by atoms with Crippen LogP contribution in [0, 0.1) is 0 Å². The zero-order valence-corrected chi connectivity index (χ0v) is 10.8. The van der Waals surface area contributed by atoms with Gasteiger partial charge in [0.25, 0.3) is 0 Å². The lowest BCUT2D eigenvalue weighted by molar-refractivity contribution is 0.298. The van der Waals surface area contributed by atoms with Gasteiger partial charge in [-0.3, -0.25) is 0 Å². The van der Waals surface area contributed by atoms with E-state index in [2.05, 4.69) is 30.3 Å². The van der Waals surface area contributed by atoms with Crippen molar-refractivity contribution in [3.05, 3.63) is 0 Å². The van der Waals surface area contributed by atoms with Crippen LogP contribution in [0.25, 0.3) is 0 Å². The topological polar surface area (TPSA) is 15.3 Å². The summed E-state index contributed by atoms with van der Waals surface area (Å²) in [5.41, 5.74) is 0. The maximum Gasteiger partial charge on any atom is -0.000687 e. The van der Waals surface area contributed by atoms with Crippen molar-refractivity contribution in [2.24, 2.45) is 0 Å². The Labute approximate surface area is 93.8 Å². The Morgan fingerprint density at radius 2 is 1.71 bits per heavy atom. The molecule has 0 rings (SSSR count). The fraction of sp³-hybridized carbons (Fsp3) is 1.00. The first-order chi connectivity index (χ1) is 6.85. The first-order valence-corrected chi connectivity index (χ1v) is 7.16. The lowest BCUT2D eigenvalue weighted by Gasteiger charge is -2.17. The molecule has 0 radical (unpaired) electrons. The normalized spacial score (nSPS) is 11.1. The predicted octanol–water partition coefficient (Wildman–Crippen LogP) is 2.06. The second-order valence-electron chi connectivity index (χ2n) is 3.48. The lowest BCUT2D eigenvalue weighted by Crippen LogP contribution is -2.27. The Morgan fingerprint density at radius 1 is 1.07 bits per heavy atom. The summed E-state index contributed by atoms with van der Waals surface area (Å²) >= 11 is 1.93. The number of thioether (sulfide) groups is 1. The lowest BCUT2D eigenvalue weighted by atomic mass is 10.3. The summed E-state index contributed by atoms with van der Waals surface area (Å²) in [5.74, 6) is 1.28. The van der Waals surface area contributed by atoms with E-state index in [0.717, 1.165) is 0 Å². The minimum atomic E-state index is 1.17. The summed E-state index contributed by atoms with van der Waals surface area (Å²) in [4.78, 5) is 2.48. The van der Waals surface area contributed by atoms with Gasteiger partial charge < -0.3 is 10.2 Å². The molecule has 0 aliphatic rings. The highest BCUT2D eigenvalue weighted by atomic mass is 32.2. The standard InChI is InChI=1S/C11H26N2S/c1-4-13(5-2)10-6-8-12-9-7-11-14-3/h12H,4-11H2,1-3H3. The third kappa shape index (κ3) is 8.85. The Hall–Kier alpha value is 0.270. The predicted molar refractivity (Wildman–Crippen MR) is 68.3 cm³/mol. The van der Waals surface area contributed by atoms with Crippen LogP contribution in [0.4, 0.5) is 0 Å². The van der Waals surface area contributed by atoms with Gasteiger partial charge in [-0.2, -0.15) is 11.8 Å². The van der Waals surface area contributed by atoms with Gasteiger partial charge in [0, 0.05) is 0 Å². The third-order valence-corrected chi connectivity index (χ3v) is 3.12. The van der Waals surface area contributed by atoms with Gasteiger partial charge in [-0.1, -0.05) is 13.8 Å². The number of nitrogens with zero attached hydrogens (tertiary/aromatic N) is 1. The van der Waals surface area contributed by atoms with Crippen LogP contribution in [-0.4, -0.2) is 49.6 Å². The van der Waals surface area contributed by atoms with E-state index in [9.17, 15) is 0 Å². The zero-order chi connectivity index (χ0) is 10.6. The van der Waals surface area contributed by atoms with Crippen molar-refractivity contribution in [3.8, 4) is 0 Å². The summed E-state index contributed by atoms with van der Waals surface area (Å²) in [5, 5.41) is 3.48. The van der Waals surface area contributed by atoms with Crippen molar-refractivity contribution in [2.45, 2.75) is 26.7 Å². The quantitative estimate of drug-likeness (QED) is 0.565. The molecule has 3 heteroatoms. The average Bonchev–Trinajstić information content (AvgIpc) is 2.22. The minimum absolute atomic E-state index is 1.17. The highest BCUT2D eigenvalue weighted by Crippen LogP contribution is 1.93. The number of rotatable bonds is 10. The first-order valence-electron chi connectivity index (χ1n) is 5.77. The molecule has 0 saturated carbocycles. The number of hydrogen-bond acceptors (Lipinski definition) is 3. The van der Waals surface area contributed by atoms with Crippen LogP contribution in [-0.2, 0) is 0 Å². The molecule has 0 saturated heterocycles. The van der Waals surface area contributed by atoms with Crippen molar-refractivity contribution in [1.29, 1.82) is 0 Å². The molecule has 0 heterocycles. The van der Waals surface area contributed by atoms with Crippen LogP contribution in [0.5, 0.6) is 0 Å². The molecule has 0 spiro atoms. The largest absolute Gasteiger partial charge is 0.317 e. The Morgan fingerprint density at radius 3 is 2.29 bits per heavy atom. The van der Waals surface area contributed by atoms with Gasteiger partial charge >= 0.3 is 0 Å². The fourth-order valence-electron chi connectivity index (χ4n) is 1.43. The molecule has 1 N–H and O–H groups in total. The van der Waals surface area contributed by atoms with Crippen molar-refractivity contribution in [2.75, 3.05) is 44.7 Å². The highest BCUT2D eigenvalue weighted by Gasteiger charge is 1.97. The monoisotopic (exact) mass is 218 g/mol. The molecule has 0 amide bonds. The molecule has 0 aromatic rings. The van der Waals surface area contributed by atoms with Crippen LogP contribution in [0.2, 0.25) is 0 Å². The number of hydrogen-bond donors (Lipinski definition) is 1. The Balaban J connectivity index is 3.04. The summed E-state index contributed by atoms with van der Waals surface area (Å²) in [7, 11) is 0. The van der Waals surface area contributed by atoms with E-state index in [0.29, 0.717) is 0 Å². The van der Waals surface area contributed by atoms with Gasteiger partial charge in [0.1, 0.15) is 0 Å². The van der Waals surface area contributed by atoms with Gasteiger partial charge in [0.2, 0.25) is 0 Å². The Bertz CT molecular complexity index is 105. The summed E-state index contributed by atoms with van der Waals surface area (Å²) in [6.07, 6.45) is 4.74. The van der Waals surface area contributed by atoms with Crippen LogP contribution < -0.4 is 5.32 Å². The fourth-order valence-corrected chi connectivity index (χ4v) is 1.87. The van der Waals surface area contributed by atoms with Crippen molar-refractivity contribution in [1.82, 2.24) is 10.2 Å². The molecular weight excluding hydrogens is 192 g/mol. The van der Waals surface area contributed by atoms with E-state index < -0.39 is 0 Å². The maximum absolute atomic E-state index is 3.48. The minimum Gasteiger partial charge on any atom is -0.317 e. The molecule has 0 unspecified atom stereocenters. The second kappa shape index (κ2) is 11.3. The van der Waals surface area contributed by atoms with Crippen molar-refractivity contribution < 1.29 is 0 Å². The molecule has 2 nitrogen and oxygen atoms in total. The SMILES string of the molecule is CCN(CC)CCCNCCCSC. The van der Waals surface area contributed by atoms with E-state index in [1.807, 2.05) is 11.8 Å². The zero-order valence-electron chi connectivity index (χ0n) is 10.0. The molecule has 0 fully saturated rings. The first kappa shape index (κ1) is 14.3. The van der Waals surface area contributed by atoms with E-state index in [4.69, 9.17) is 0 Å². The summed E-state index contributed by atoms with van der Waals surface area (Å²) in [6.45, 7) is 10.4. The molecular formula is C11H26N2S. The summed E-state index contributed by atoms with van der Waals surface area (Å²) in [6, 6.07) is 0. The molecule has 0 aliphatic heterocycles. The molecule has 0 atom stereocenters. The maximum atomic E-state index is 3.48. The van der Waals surface area contributed by atoms with E-state index >= 15 is 0 Å². The van der Waals surface area contributed by atoms with Crippen LogP contribution in [0.1, 0.15) is 26.7 Å². The molecule has 0 aromatic carbocycles. The van der Waals surface area contributed by atoms with E-state index in [1.54, 1.807) is 0 Å². The second-order valence-corrected chi connectivity index (χ2v) is 4.46. The van der Waals surface area contributed by atoms with E-state index in [1.165, 1.54) is 51.3 Å². The van der Waals surface area contributed by atoms with Gasteiger partial charge in [-0.05, 0) is 57.6 Å². The van der Waals surface area contributed by atoms with Gasteiger partial charge in [0.05, 0.1) is 0 Å². The molecule has 0 aromatic heterocycles. The average molecular weight is 218 g/mol. The van der Waals surface area contributed by atoms with Crippen molar-refractivity contribution in [3.63, 3.8) is 0 Å². The Kier molecular flexibility index (Phi) is 11.6. The van der Waals surface area contributed by atoms with Crippen LogP contribution >= 0.6 is 11.8 Å². The van der Waals surface area contributed by atoms with Gasteiger partial charge in [-0.25, -0.2) is 0 Å². The molecule has 0 aliphatic carbocycles. The molecule has 14 heavy (non-hydrogen) atoms. The smallest absolute Gasteiger partial charge is 0.000687 e. The molecule has 0 bridgehead atoms.